The Morgan fingerprint density at radius 1 is 1.30 bits per heavy atom. The second-order valence-electron chi connectivity index (χ2n) is 7.34. The first-order valence-electron chi connectivity index (χ1n) is 9.60. The fourth-order valence-corrected chi connectivity index (χ4v) is 4.20. The molecule has 2 aliphatic heterocycles. The van der Waals surface area contributed by atoms with Gasteiger partial charge in [0.25, 0.3) is 0 Å². The molecule has 3 unspecified atom stereocenters. The first kappa shape index (κ1) is 18.0. The first-order chi connectivity index (χ1) is 13.2. The van der Waals surface area contributed by atoms with Gasteiger partial charge in [-0.25, -0.2) is 5.43 Å². The van der Waals surface area contributed by atoms with Crippen molar-refractivity contribution in [1.82, 2.24) is 25.5 Å². The molecule has 2 aromatic rings. The number of benzene rings is 1. The van der Waals surface area contributed by atoms with Gasteiger partial charge >= 0.3 is 0 Å². The molecule has 0 spiro atoms. The van der Waals surface area contributed by atoms with E-state index in [1.807, 2.05) is 53.2 Å². The lowest BCUT2D eigenvalue weighted by Gasteiger charge is -2.37. The minimum atomic E-state index is -0.151. The van der Waals surface area contributed by atoms with Crippen LogP contribution in [0.25, 0.3) is 0 Å². The van der Waals surface area contributed by atoms with E-state index in [-0.39, 0.29) is 23.9 Å². The van der Waals surface area contributed by atoms with Crippen LogP contribution in [0.1, 0.15) is 42.6 Å². The molecule has 7 nitrogen and oxygen atoms in total. The Morgan fingerprint density at radius 2 is 2.19 bits per heavy atom. The second-order valence-corrected chi connectivity index (χ2v) is 7.34. The molecule has 0 saturated carbocycles. The van der Waals surface area contributed by atoms with Gasteiger partial charge in [0.1, 0.15) is 5.75 Å². The summed E-state index contributed by atoms with van der Waals surface area (Å²) in [5.41, 5.74) is 8.51. The molecule has 0 bridgehead atoms. The van der Waals surface area contributed by atoms with Gasteiger partial charge in [0.15, 0.2) is 0 Å². The standard InChI is InChI=1S/C20H27N5O2/c1-24-11-9-17(23-24)18-8-3-4-10-25(18)20(26)16-13-21-22-19(16)14-6-5-7-15(12-14)27-2/h5-7,9,11-12,16,18-19,21-22H,3-4,8,10,13H2,1-2H3. The molecular formula is C20H27N5O2. The highest BCUT2D eigenvalue weighted by molar-refractivity contribution is 5.81. The van der Waals surface area contributed by atoms with Gasteiger partial charge in [-0.05, 0) is 43.0 Å². The molecule has 27 heavy (non-hydrogen) atoms. The molecule has 2 N–H and O–H groups in total. The Bertz CT molecular complexity index is 805. The molecule has 1 aromatic heterocycles. The van der Waals surface area contributed by atoms with Crippen molar-refractivity contribution >= 4 is 5.91 Å². The Morgan fingerprint density at radius 3 is 2.96 bits per heavy atom. The number of ether oxygens (including phenoxy) is 1. The molecule has 4 rings (SSSR count). The number of methoxy groups -OCH3 is 1. The van der Waals surface area contributed by atoms with Crippen LogP contribution in [0.4, 0.5) is 0 Å². The fraction of sp³-hybridized carbons (Fsp3) is 0.500. The Labute approximate surface area is 159 Å². The summed E-state index contributed by atoms with van der Waals surface area (Å²) in [6, 6.07) is 9.95. The van der Waals surface area contributed by atoms with Gasteiger partial charge in [-0.2, -0.15) is 5.10 Å². The quantitative estimate of drug-likeness (QED) is 0.862. The SMILES string of the molecule is COc1cccc(C2NNCC2C(=O)N2CCCCC2c2ccn(C)n2)c1. The number of nitrogens with zero attached hydrogens (tertiary/aromatic N) is 3. The van der Waals surface area contributed by atoms with E-state index in [1.54, 1.807) is 7.11 Å². The van der Waals surface area contributed by atoms with Gasteiger partial charge in [-0.3, -0.25) is 14.9 Å². The van der Waals surface area contributed by atoms with E-state index in [0.717, 1.165) is 42.8 Å². The number of hydrogen-bond donors (Lipinski definition) is 2. The van der Waals surface area contributed by atoms with Crippen LogP contribution in [0.2, 0.25) is 0 Å². The third-order valence-electron chi connectivity index (χ3n) is 5.61. The zero-order valence-electron chi connectivity index (χ0n) is 15.9. The summed E-state index contributed by atoms with van der Waals surface area (Å²) in [6.07, 6.45) is 5.10. The number of rotatable bonds is 4. The van der Waals surface area contributed by atoms with E-state index in [4.69, 9.17) is 4.74 Å². The molecule has 1 amide bonds. The van der Waals surface area contributed by atoms with Gasteiger partial charge in [0.05, 0.1) is 30.8 Å². The Balaban J connectivity index is 1.57. The lowest BCUT2D eigenvalue weighted by Crippen LogP contribution is -2.44. The number of hydrogen-bond acceptors (Lipinski definition) is 5. The van der Waals surface area contributed by atoms with E-state index in [0.29, 0.717) is 6.54 Å². The predicted octanol–water partition coefficient (Wildman–Crippen LogP) is 1.95. The normalized spacial score (nSPS) is 25.6. The van der Waals surface area contributed by atoms with Crippen molar-refractivity contribution in [3.05, 3.63) is 47.8 Å². The number of likely N-dealkylation sites (tertiary alicyclic amines) is 1. The maximum atomic E-state index is 13.5. The Kier molecular flexibility index (Phi) is 5.13. The first-order valence-corrected chi connectivity index (χ1v) is 9.60. The van der Waals surface area contributed by atoms with E-state index in [2.05, 4.69) is 16.0 Å². The molecule has 7 heteroatoms. The molecule has 144 valence electrons. The summed E-state index contributed by atoms with van der Waals surface area (Å²) >= 11 is 0. The summed E-state index contributed by atoms with van der Waals surface area (Å²) in [7, 11) is 3.58. The number of aryl methyl sites for hydroxylation is 1. The van der Waals surface area contributed by atoms with Crippen LogP contribution in [0, 0.1) is 5.92 Å². The van der Waals surface area contributed by atoms with Crippen molar-refractivity contribution in [3.8, 4) is 5.75 Å². The molecule has 2 saturated heterocycles. The number of aromatic nitrogens is 2. The third-order valence-corrected chi connectivity index (χ3v) is 5.61. The minimum Gasteiger partial charge on any atom is -0.497 e. The van der Waals surface area contributed by atoms with E-state index >= 15 is 0 Å². The van der Waals surface area contributed by atoms with E-state index in [9.17, 15) is 4.79 Å². The molecule has 0 aliphatic carbocycles. The molecule has 3 heterocycles. The number of carbonyl (C=O) groups excluding carboxylic acids is 1. The van der Waals surface area contributed by atoms with E-state index < -0.39 is 0 Å². The lowest BCUT2D eigenvalue weighted by atomic mass is 9.91. The molecule has 1 aromatic carbocycles. The van der Waals surface area contributed by atoms with Gasteiger partial charge < -0.3 is 9.64 Å². The van der Waals surface area contributed by atoms with Crippen molar-refractivity contribution in [3.63, 3.8) is 0 Å². The summed E-state index contributed by atoms with van der Waals surface area (Å²) in [5, 5.41) is 4.57. The van der Waals surface area contributed by atoms with Crippen LogP contribution in [-0.2, 0) is 11.8 Å². The van der Waals surface area contributed by atoms with Crippen LogP contribution in [0.3, 0.4) is 0 Å². The van der Waals surface area contributed by atoms with Crippen molar-refractivity contribution in [2.45, 2.75) is 31.3 Å². The van der Waals surface area contributed by atoms with Crippen LogP contribution >= 0.6 is 0 Å². The van der Waals surface area contributed by atoms with Gasteiger partial charge in [0, 0.05) is 26.3 Å². The van der Waals surface area contributed by atoms with Crippen LogP contribution < -0.4 is 15.6 Å². The minimum absolute atomic E-state index is 0.0685. The van der Waals surface area contributed by atoms with Crippen molar-refractivity contribution in [2.24, 2.45) is 13.0 Å². The van der Waals surface area contributed by atoms with Crippen LogP contribution in [0.15, 0.2) is 36.5 Å². The fourth-order valence-electron chi connectivity index (χ4n) is 4.20. The largest absolute Gasteiger partial charge is 0.497 e. The number of hydrazine groups is 1. The molecule has 0 radical (unpaired) electrons. The zero-order valence-corrected chi connectivity index (χ0v) is 15.9. The van der Waals surface area contributed by atoms with Gasteiger partial charge in [-0.15, -0.1) is 0 Å². The molecule has 2 aliphatic rings. The zero-order chi connectivity index (χ0) is 18.8. The van der Waals surface area contributed by atoms with Crippen molar-refractivity contribution < 1.29 is 9.53 Å². The number of nitrogens with one attached hydrogen (secondary N) is 2. The summed E-state index contributed by atoms with van der Waals surface area (Å²) in [5.74, 6) is 0.842. The maximum absolute atomic E-state index is 13.5. The number of amides is 1. The summed E-state index contributed by atoms with van der Waals surface area (Å²) < 4.78 is 7.16. The molecular weight excluding hydrogens is 342 g/mol. The third kappa shape index (κ3) is 3.57. The number of carbonyl (C=O) groups is 1. The highest BCUT2D eigenvalue weighted by atomic mass is 16.5. The number of piperidine rings is 1. The predicted molar refractivity (Wildman–Crippen MR) is 102 cm³/mol. The topological polar surface area (TPSA) is 71.4 Å². The average Bonchev–Trinajstić information content (AvgIpc) is 3.36. The lowest BCUT2D eigenvalue weighted by molar-refractivity contribution is -0.139. The highest BCUT2D eigenvalue weighted by Gasteiger charge is 2.40. The smallest absolute Gasteiger partial charge is 0.229 e. The van der Waals surface area contributed by atoms with Crippen molar-refractivity contribution in [2.75, 3.05) is 20.2 Å². The summed E-state index contributed by atoms with van der Waals surface area (Å²) in [4.78, 5) is 15.5. The second kappa shape index (κ2) is 7.70. The van der Waals surface area contributed by atoms with Crippen LogP contribution in [-0.4, -0.2) is 40.8 Å². The maximum Gasteiger partial charge on any atom is 0.229 e. The van der Waals surface area contributed by atoms with Crippen molar-refractivity contribution in [1.29, 1.82) is 0 Å². The van der Waals surface area contributed by atoms with Crippen LogP contribution in [0.5, 0.6) is 5.75 Å². The van der Waals surface area contributed by atoms with Gasteiger partial charge in [0.2, 0.25) is 5.91 Å². The molecule has 3 atom stereocenters. The highest BCUT2D eigenvalue weighted by Crippen LogP contribution is 2.35. The van der Waals surface area contributed by atoms with Gasteiger partial charge in [-0.1, -0.05) is 12.1 Å². The summed E-state index contributed by atoms with van der Waals surface area (Å²) in [6.45, 7) is 1.41. The van der Waals surface area contributed by atoms with E-state index in [1.165, 1.54) is 0 Å². The monoisotopic (exact) mass is 369 g/mol. The average molecular weight is 369 g/mol. The Hall–Kier alpha value is -2.38. The molecule has 2 fully saturated rings.